The first-order valence-electron chi connectivity index (χ1n) is 5.60. The van der Waals surface area contributed by atoms with Crippen LogP contribution >= 0.6 is 0 Å². The lowest BCUT2D eigenvalue weighted by atomic mass is 10.1. The number of carboxylic acid groups (broad SMARTS) is 1. The Hall–Kier alpha value is -2.00. The van der Waals surface area contributed by atoms with Crippen molar-refractivity contribution in [2.75, 3.05) is 6.54 Å². The van der Waals surface area contributed by atoms with Gasteiger partial charge in [0, 0.05) is 12.2 Å². The highest BCUT2D eigenvalue weighted by Gasteiger charge is 2.38. The number of aryl methyl sites for hydroxylation is 1. The van der Waals surface area contributed by atoms with Crippen LogP contribution in [0.5, 0.6) is 0 Å². The smallest absolute Gasteiger partial charge is 0.433 e. The number of aromatic nitrogens is 1. The van der Waals surface area contributed by atoms with Crippen molar-refractivity contribution in [2.24, 2.45) is 0 Å². The first-order chi connectivity index (χ1) is 9.50. The zero-order valence-corrected chi connectivity index (χ0v) is 10.3. The van der Waals surface area contributed by atoms with Gasteiger partial charge < -0.3 is 15.2 Å². The molecule has 0 atom stereocenters. The number of pyridine rings is 1. The average molecular weight is 315 g/mol. The third kappa shape index (κ3) is 5.48. The Morgan fingerprint density at radius 2 is 1.76 bits per heavy atom. The summed E-state index contributed by atoms with van der Waals surface area (Å²) in [5.41, 5.74) is -3.51. The number of hydrogen-bond donors (Lipinski definition) is 1. The molecule has 0 aliphatic carbocycles. The standard InChI is InChI=1S/C11H10F6N2O2/c12-10(13,14)6-4-7(2-1-3-18-9(20)21)19-8(5-6)11(15,16)17/h4-5,18H,1-3H2,(H,20,21)/p-1. The van der Waals surface area contributed by atoms with Crippen molar-refractivity contribution in [3.05, 3.63) is 29.1 Å². The normalized spacial score (nSPS) is 12.3. The summed E-state index contributed by atoms with van der Waals surface area (Å²) in [5.74, 6) is 0. The third-order valence-electron chi connectivity index (χ3n) is 2.38. The Bertz CT molecular complexity index is 480. The highest BCUT2D eigenvalue weighted by Crippen LogP contribution is 2.34. The minimum absolute atomic E-state index is 0.0143. The van der Waals surface area contributed by atoms with Crippen molar-refractivity contribution in [2.45, 2.75) is 25.2 Å². The van der Waals surface area contributed by atoms with E-state index in [1.165, 1.54) is 0 Å². The topological polar surface area (TPSA) is 65.0 Å². The molecule has 21 heavy (non-hydrogen) atoms. The van der Waals surface area contributed by atoms with Crippen LogP contribution in [-0.2, 0) is 18.8 Å². The number of carbonyl (C=O) groups excluding carboxylic acids is 1. The molecule has 1 aromatic rings. The van der Waals surface area contributed by atoms with Gasteiger partial charge in [-0.2, -0.15) is 26.3 Å². The quantitative estimate of drug-likeness (QED) is 0.682. The molecule has 4 nitrogen and oxygen atoms in total. The molecule has 0 spiro atoms. The van der Waals surface area contributed by atoms with E-state index < -0.39 is 35.4 Å². The van der Waals surface area contributed by atoms with Crippen LogP contribution in [-0.4, -0.2) is 17.6 Å². The molecule has 118 valence electrons. The largest absolute Gasteiger partial charge is 0.530 e. The van der Waals surface area contributed by atoms with Crippen molar-refractivity contribution in [3.63, 3.8) is 0 Å². The predicted molar refractivity (Wildman–Crippen MR) is 56.0 cm³/mol. The number of hydrogen-bond acceptors (Lipinski definition) is 3. The second-order valence-corrected chi connectivity index (χ2v) is 4.05. The number of halogens is 6. The van der Waals surface area contributed by atoms with Crippen LogP contribution in [0, 0.1) is 0 Å². The molecule has 0 aliphatic rings. The third-order valence-corrected chi connectivity index (χ3v) is 2.38. The molecule has 1 amide bonds. The van der Waals surface area contributed by atoms with Gasteiger partial charge in [0.25, 0.3) is 0 Å². The summed E-state index contributed by atoms with van der Waals surface area (Å²) < 4.78 is 75.1. The van der Waals surface area contributed by atoms with Crippen molar-refractivity contribution in [1.82, 2.24) is 10.3 Å². The lowest BCUT2D eigenvalue weighted by molar-refractivity contribution is -0.250. The van der Waals surface area contributed by atoms with Crippen LogP contribution < -0.4 is 10.4 Å². The van der Waals surface area contributed by atoms with Gasteiger partial charge in [0.2, 0.25) is 0 Å². The summed E-state index contributed by atoms with van der Waals surface area (Å²) in [7, 11) is 0. The Kier molecular flexibility index (Phi) is 5.02. The second kappa shape index (κ2) is 6.19. The monoisotopic (exact) mass is 315 g/mol. The lowest BCUT2D eigenvalue weighted by Crippen LogP contribution is -2.37. The summed E-state index contributed by atoms with van der Waals surface area (Å²) >= 11 is 0. The van der Waals surface area contributed by atoms with E-state index >= 15 is 0 Å². The molecule has 0 saturated heterocycles. The van der Waals surface area contributed by atoms with Gasteiger partial charge in [0.1, 0.15) is 11.8 Å². The van der Waals surface area contributed by atoms with Crippen LogP contribution in [0.15, 0.2) is 12.1 Å². The van der Waals surface area contributed by atoms with E-state index in [1.807, 2.05) is 5.32 Å². The second-order valence-electron chi connectivity index (χ2n) is 4.05. The van der Waals surface area contributed by atoms with Crippen molar-refractivity contribution >= 4 is 6.09 Å². The zero-order valence-electron chi connectivity index (χ0n) is 10.3. The Balaban J connectivity index is 2.95. The molecule has 0 aromatic carbocycles. The molecular weight excluding hydrogens is 306 g/mol. The molecule has 1 aromatic heterocycles. The van der Waals surface area contributed by atoms with Gasteiger partial charge in [-0.05, 0) is 25.0 Å². The van der Waals surface area contributed by atoms with Gasteiger partial charge in [-0.15, -0.1) is 0 Å². The summed E-state index contributed by atoms with van der Waals surface area (Å²) in [5, 5.41) is 11.9. The SMILES string of the molecule is O=C([O-])NCCCc1cc(C(F)(F)F)cc(C(F)(F)F)n1. The maximum Gasteiger partial charge on any atom is 0.433 e. The maximum atomic E-state index is 12.5. The van der Waals surface area contributed by atoms with Crippen molar-refractivity contribution < 1.29 is 36.2 Å². The van der Waals surface area contributed by atoms with Crippen molar-refractivity contribution in [3.8, 4) is 0 Å². The number of alkyl halides is 6. The molecule has 0 radical (unpaired) electrons. The molecule has 0 bridgehead atoms. The van der Waals surface area contributed by atoms with E-state index in [1.54, 1.807) is 0 Å². The lowest BCUT2D eigenvalue weighted by Gasteiger charge is -2.13. The number of nitrogens with one attached hydrogen (secondary N) is 1. The highest BCUT2D eigenvalue weighted by molar-refractivity contribution is 5.61. The number of rotatable bonds is 4. The summed E-state index contributed by atoms with van der Waals surface area (Å²) in [6.45, 7) is -0.165. The molecule has 0 unspecified atom stereocenters. The number of nitrogens with zero attached hydrogens (tertiary/aromatic N) is 1. The fourth-order valence-electron chi connectivity index (χ4n) is 1.48. The van der Waals surface area contributed by atoms with E-state index in [-0.39, 0.29) is 25.5 Å². The van der Waals surface area contributed by atoms with Crippen LogP contribution in [0.4, 0.5) is 31.1 Å². The highest BCUT2D eigenvalue weighted by atomic mass is 19.4. The molecule has 0 aliphatic heterocycles. The molecule has 1 heterocycles. The first-order valence-corrected chi connectivity index (χ1v) is 5.60. The summed E-state index contributed by atoms with van der Waals surface area (Å²) in [6.07, 6.45) is -11.8. The van der Waals surface area contributed by atoms with E-state index in [0.717, 1.165) is 0 Å². The van der Waals surface area contributed by atoms with Gasteiger partial charge in [-0.3, -0.25) is 0 Å². The molecule has 1 N–H and O–H groups in total. The minimum Gasteiger partial charge on any atom is -0.530 e. The number of carbonyl (C=O) groups is 1. The van der Waals surface area contributed by atoms with Gasteiger partial charge in [0.05, 0.1) is 5.56 Å². The minimum atomic E-state index is -5.00. The van der Waals surface area contributed by atoms with Gasteiger partial charge in [-0.1, -0.05) is 0 Å². The van der Waals surface area contributed by atoms with Gasteiger partial charge >= 0.3 is 12.4 Å². The van der Waals surface area contributed by atoms with E-state index in [9.17, 15) is 36.2 Å². The van der Waals surface area contributed by atoms with E-state index in [2.05, 4.69) is 4.98 Å². The Labute approximate surface area is 114 Å². The van der Waals surface area contributed by atoms with Gasteiger partial charge in [0.15, 0.2) is 0 Å². The number of amides is 1. The van der Waals surface area contributed by atoms with Crippen molar-refractivity contribution in [1.29, 1.82) is 0 Å². The molecule has 0 fully saturated rings. The van der Waals surface area contributed by atoms with Crippen LogP contribution in [0.25, 0.3) is 0 Å². The predicted octanol–water partition coefficient (Wildman–Crippen LogP) is 1.98. The molecule has 1 rings (SSSR count). The van der Waals surface area contributed by atoms with Gasteiger partial charge in [-0.25, -0.2) is 4.98 Å². The Morgan fingerprint density at radius 3 is 2.24 bits per heavy atom. The fraction of sp³-hybridized carbons (Fsp3) is 0.455. The van der Waals surface area contributed by atoms with Crippen LogP contribution in [0.1, 0.15) is 23.4 Å². The van der Waals surface area contributed by atoms with Crippen LogP contribution in [0.3, 0.4) is 0 Å². The Morgan fingerprint density at radius 1 is 1.14 bits per heavy atom. The van der Waals surface area contributed by atoms with E-state index in [0.29, 0.717) is 6.07 Å². The summed E-state index contributed by atoms with van der Waals surface area (Å²) in [6, 6.07) is 0.442. The fourth-order valence-corrected chi connectivity index (χ4v) is 1.48. The maximum absolute atomic E-state index is 12.5. The van der Waals surface area contributed by atoms with E-state index in [4.69, 9.17) is 0 Å². The molecule has 10 heteroatoms. The first kappa shape index (κ1) is 17.1. The molecular formula is C11H9F6N2O2-. The average Bonchev–Trinajstić information content (AvgIpc) is 2.32. The molecule has 0 saturated carbocycles. The summed E-state index contributed by atoms with van der Waals surface area (Å²) in [4.78, 5) is 13.2. The van der Waals surface area contributed by atoms with Crippen LogP contribution in [0.2, 0.25) is 0 Å². The zero-order chi connectivity index (χ0) is 16.3.